The number of fused-ring (bicyclic) bond motifs is 1. The van der Waals surface area contributed by atoms with Crippen molar-refractivity contribution in [3.8, 4) is 0 Å². The highest BCUT2D eigenvalue weighted by Gasteiger charge is 2.37. The van der Waals surface area contributed by atoms with E-state index >= 15 is 0 Å². The molecule has 0 amide bonds. The van der Waals surface area contributed by atoms with E-state index in [9.17, 15) is 13.2 Å². The van der Waals surface area contributed by atoms with Crippen LogP contribution in [0.5, 0.6) is 0 Å². The van der Waals surface area contributed by atoms with Crippen LogP contribution in [0.4, 0.5) is 19.0 Å². The minimum absolute atomic E-state index is 0.131. The van der Waals surface area contributed by atoms with Gasteiger partial charge in [-0.3, -0.25) is 0 Å². The van der Waals surface area contributed by atoms with Crippen LogP contribution in [0, 0.1) is 6.92 Å². The Morgan fingerprint density at radius 2 is 2.08 bits per heavy atom. The number of aryl methyl sites for hydroxylation is 1. The number of halogens is 3. The van der Waals surface area contributed by atoms with Gasteiger partial charge >= 0.3 is 6.18 Å². The highest BCUT2D eigenvalue weighted by atomic mass is 19.4. The zero-order chi connectivity index (χ0) is 16.9. The van der Waals surface area contributed by atoms with Crippen LogP contribution < -0.4 is 5.32 Å². The van der Waals surface area contributed by atoms with Gasteiger partial charge in [-0.05, 0) is 19.8 Å². The highest BCUT2D eigenvalue weighted by molar-refractivity contribution is 5.45. The van der Waals surface area contributed by atoms with Gasteiger partial charge in [-0.1, -0.05) is 0 Å². The van der Waals surface area contributed by atoms with E-state index in [4.69, 9.17) is 4.42 Å². The Bertz CT molecular complexity index is 897. The second-order valence-corrected chi connectivity index (χ2v) is 5.59. The van der Waals surface area contributed by atoms with Gasteiger partial charge in [-0.2, -0.15) is 22.7 Å². The SMILES string of the molecule is Cc1cc(NCc2nnc(C3CC3)o2)n2nc(C(F)(F)F)nc2n1. The number of anilines is 1. The largest absolute Gasteiger partial charge is 0.453 e. The molecule has 0 radical (unpaired) electrons. The van der Waals surface area contributed by atoms with E-state index in [-0.39, 0.29) is 12.3 Å². The molecule has 0 spiro atoms. The van der Waals surface area contributed by atoms with Crippen LogP contribution in [0.3, 0.4) is 0 Å². The number of hydrogen-bond acceptors (Lipinski definition) is 7. The Morgan fingerprint density at radius 1 is 1.29 bits per heavy atom. The van der Waals surface area contributed by atoms with Gasteiger partial charge in [0, 0.05) is 17.7 Å². The lowest BCUT2D eigenvalue weighted by molar-refractivity contribution is -0.144. The third-order valence-corrected chi connectivity index (χ3v) is 3.52. The van der Waals surface area contributed by atoms with E-state index in [1.54, 1.807) is 13.0 Å². The van der Waals surface area contributed by atoms with Gasteiger partial charge in [-0.25, -0.2) is 4.98 Å². The van der Waals surface area contributed by atoms with Crippen LogP contribution in [-0.2, 0) is 12.7 Å². The van der Waals surface area contributed by atoms with Crippen LogP contribution >= 0.6 is 0 Å². The molecule has 4 rings (SSSR count). The molecule has 11 heteroatoms. The highest BCUT2D eigenvalue weighted by Crippen LogP contribution is 2.39. The van der Waals surface area contributed by atoms with Crippen molar-refractivity contribution in [2.45, 2.75) is 38.4 Å². The van der Waals surface area contributed by atoms with Crippen molar-refractivity contribution < 1.29 is 17.6 Å². The first kappa shape index (κ1) is 14.8. The molecule has 3 heterocycles. The minimum atomic E-state index is -4.63. The molecule has 24 heavy (non-hydrogen) atoms. The second kappa shape index (κ2) is 5.14. The maximum atomic E-state index is 12.8. The normalized spacial score (nSPS) is 15.2. The third kappa shape index (κ3) is 2.76. The zero-order valence-corrected chi connectivity index (χ0v) is 12.5. The quantitative estimate of drug-likeness (QED) is 0.779. The lowest BCUT2D eigenvalue weighted by atomic mass is 10.4. The van der Waals surface area contributed by atoms with Gasteiger partial charge in [0.2, 0.25) is 11.8 Å². The van der Waals surface area contributed by atoms with Gasteiger partial charge in [0.25, 0.3) is 11.6 Å². The molecular formula is C13H12F3N7O. The zero-order valence-electron chi connectivity index (χ0n) is 12.5. The van der Waals surface area contributed by atoms with Crippen molar-refractivity contribution in [3.63, 3.8) is 0 Å². The summed E-state index contributed by atoms with van der Waals surface area (Å²) in [5.74, 6) is 0.239. The van der Waals surface area contributed by atoms with Crippen molar-refractivity contribution in [2.75, 3.05) is 5.32 Å². The number of hydrogen-bond donors (Lipinski definition) is 1. The maximum absolute atomic E-state index is 12.8. The van der Waals surface area contributed by atoms with Crippen LogP contribution in [0.15, 0.2) is 10.5 Å². The van der Waals surface area contributed by atoms with Gasteiger partial charge in [-0.15, -0.1) is 15.3 Å². The lowest BCUT2D eigenvalue weighted by Gasteiger charge is -2.06. The van der Waals surface area contributed by atoms with Crippen molar-refractivity contribution in [1.82, 2.24) is 29.8 Å². The maximum Gasteiger partial charge on any atom is 0.453 e. The smallest absolute Gasteiger partial charge is 0.423 e. The molecule has 1 fully saturated rings. The van der Waals surface area contributed by atoms with Crippen molar-refractivity contribution in [1.29, 1.82) is 0 Å². The predicted octanol–water partition coefficient (Wildman–Crippen LogP) is 2.32. The van der Waals surface area contributed by atoms with Crippen LogP contribution in [0.2, 0.25) is 0 Å². The molecule has 0 unspecified atom stereocenters. The average molecular weight is 339 g/mol. The summed E-state index contributed by atoms with van der Waals surface area (Å²) in [5.41, 5.74) is 0.510. The lowest BCUT2D eigenvalue weighted by Crippen LogP contribution is -2.09. The van der Waals surface area contributed by atoms with Crippen LogP contribution in [0.25, 0.3) is 5.78 Å². The van der Waals surface area contributed by atoms with Gasteiger partial charge in [0.1, 0.15) is 5.82 Å². The molecule has 126 valence electrons. The van der Waals surface area contributed by atoms with Crippen LogP contribution in [-0.4, -0.2) is 29.8 Å². The molecule has 0 saturated heterocycles. The summed E-state index contributed by atoms with van der Waals surface area (Å²) < 4.78 is 44.8. The number of aromatic nitrogens is 6. The summed E-state index contributed by atoms with van der Waals surface area (Å²) in [6.07, 6.45) is -2.55. The van der Waals surface area contributed by atoms with Crippen molar-refractivity contribution in [3.05, 3.63) is 29.4 Å². The second-order valence-electron chi connectivity index (χ2n) is 5.59. The summed E-state index contributed by atoms with van der Waals surface area (Å²) in [5, 5.41) is 14.3. The Kier molecular flexibility index (Phi) is 3.18. The first-order valence-electron chi connectivity index (χ1n) is 7.28. The Balaban J connectivity index is 1.61. The van der Waals surface area contributed by atoms with E-state index in [1.165, 1.54) is 0 Å². The molecule has 1 N–H and O–H groups in total. The van der Waals surface area contributed by atoms with E-state index < -0.39 is 12.0 Å². The van der Waals surface area contributed by atoms with Gasteiger partial charge in [0.05, 0.1) is 6.54 Å². The Labute approximate surface area is 133 Å². The number of nitrogens with one attached hydrogen (secondary N) is 1. The summed E-state index contributed by atoms with van der Waals surface area (Å²) >= 11 is 0. The topological polar surface area (TPSA) is 94.0 Å². The molecule has 0 atom stereocenters. The molecule has 3 aromatic heterocycles. The van der Waals surface area contributed by atoms with Crippen LogP contribution in [0.1, 0.15) is 42.1 Å². The molecule has 0 bridgehead atoms. The number of alkyl halides is 3. The summed E-state index contributed by atoms with van der Waals surface area (Å²) in [4.78, 5) is 7.38. The molecule has 8 nitrogen and oxygen atoms in total. The predicted molar refractivity (Wildman–Crippen MR) is 74.1 cm³/mol. The van der Waals surface area contributed by atoms with Gasteiger partial charge < -0.3 is 9.73 Å². The number of nitrogens with zero attached hydrogens (tertiary/aromatic N) is 6. The molecule has 1 aliphatic carbocycles. The molecule has 1 aliphatic rings. The summed E-state index contributed by atoms with van der Waals surface area (Å²) in [6.45, 7) is 1.82. The van der Waals surface area contributed by atoms with Crippen molar-refractivity contribution in [2.24, 2.45) is 0 Å². The first-order chi connectivity index (χ1) is 11.4. The Hall–Kier alpha value is -2.72. The summed E-state index contributed by atoms with van der Waals surface area (Å²) in [7, 11) is 0. The number of rotatable bonds is 4. The average Bonchev–Trinajstić information content (AvgIpc) is 3.08. The third-order valence-electron chi connectivity index (χ3n) is 3.52. The fraction of sp³-hybridized carbons (Fsp3) is 0.462. The van der Waals surface area contributed by atoms with Gasteiger partial charge in [0.15, 0.2) is 0 Å². The Morgan fingerprint density at radius 3 is 2.79 bits per heavy atom. The molecule has 0 aliphatic heterocycles. The minimum Gasteiger partial charge on any atom is -0.423 e. The molecule has 0 aromatic carbocycles. The monoisotopic (exact) mass is 339 g/mol. The molecule has 3 aromatic rings. The fourth-order valence-electron chi connectivity index (χ4n) is 2.23. The standard InChI is InChI=1S/C13H12F3N7O/c1-6-4-8(17-5-9-20-21-10(24-9)7-2-3-7)23-12(18-6)19-11(22-23)13(14,15)16/h4,7,17H,2-3,5H2,1H3. The molecule has 1 saturated carbocycles. The van der Waals surface area contributed by atoms with E-state index in [1.807, 2.05) is 0 Å². The van der Waals surface area contributed by atoms with E-state index in [2.05, 4.69) is 30.6 Å². The molecular weight excluding hydrogens is 327 g/mol. The summed E-state index contributed by atoms with van der Waals surface area (Å²) in [6, 6.07) is 1.57. The van der Waals surface area contributed by atoms with E-state index in [0.717, 1.165) is 17.4 Å². The van der Waals surface area contributed by atoms with Crippen molar-refractivity contribution >= 4 is 11.6 Å². The first-order valence-corrected chi connectivity index (χ1v) is 7.28. The van der Waals surface area contributed by atoms with E-state index in [0.29, 0.717) is 29.2 Å². The fourth-order valence-corrected chi connectivity index (χ4v) is 2.23.